The lowest BCUT2D eigenvalue weighted by molar-refractivity contribution is -0.116. The van der Waals surface area contributed by atoms with E-state index in [1.807, 2.05) is 38.1 Å². The summed E-state index contributed by atoms with van der Waals surface area (Å²) in [6.07, 6.45) is 1.73. The van der Waals surface area contributed by atoms with Crippen molar-refractivity contribution < 1.29 is 9.90 Å². The lowest BCUT2D eigenvalue weighted by atomic mass is 9.86. The molecule has 7 nitrogen and oxygen atoms in total. The number of amides is 1. The van der Waals surface area contributed by atoms with E-state index in [9.17, 15) is 9.90 Å². The highest BCUT2D eigenvalue weighted by Crippen LogP contribution is 2.34. The number of fused-ring (bicyclic) bond motifs is 2. The summed E-state index contributed by atoms with van der Waals surface area (Å²) in [6.45, 7) is 4.00. The van der Waals surface area contributed by atoms with Crippen molar-refractivity contribution in [1.82, 2.24) is 4.98 Å². The quantitative estimate of drug-likeness (QED) is 0.322. The summed E-state index contributed by atoms with van der Waals surface area (Å²) >= 11 is 0. The van der Waals surface area contributed by atoms with Gasteiger partial charge in [-0.25, -0.2) is 4.99 Å². The number of guanidine groups is 1. The standard InChI is InChI=1S/C20H17N5O2.C2H6/c21-20(22)25-18-13-3-1-2-4-15(13)24-19(27)16(14-9-10-23-17(14)18)11-5-7-12(26)8-6-11;1-2/h1-10,16,23,26H,(H3,21,22)(H,24,27);1-2H3/b25-18-;. The molecule has 0 spiro atoms. The molecule has 2 heterocycles. The van der Waals surface area contributed by atoms with Crippen LogP contribution in [0.2, 0.25) is 0 Å². The Balaban J connectivity index is 0.00000117. The average Bonchev–Trinajstić information content (AvgIpc) is 3.18. The van der Waals surface area contributed by atoms with Crippen molar-refractivity contribution in [3.05, 3.63) is 83.2 Å². The maximum Gasteiger partial charge on any atom is 0.236 e. The van der Waals surface area contributed by atoms with E-state index in [0.717, 1.165) is 5.56 Å². The van der Waals surface area contributed by atoms with Gasteiger partial charge in [0.2, 0.25) is 11.9 Å². The number of para-hydroxylation sites is 1. The summed E-state index contributed by atoms with van der Waals surface area (Å²) in [7, 11) is 0. The molecule has 2 aromatic carbocycles. The second-order valence-electron chi connectivity index (χ2n) is 6.21. The molecule has 29 heavy (non-hydrogen) atoms. The van der Waals surface area contributed by atoms with Gasteiger partial charge in [0, 0.05) is 11.8 Å². The van der Waals surface area contributed by atoms with Crippen molar-refractivity contribution in [2.75, 3.05) is 5.32 Å². The van der Waals surface area contributed by atoms with E-state index in [1.54, 1.807) is 36.5 Å². The minimum atomic E-state index is -0.614. The highest BCUT2D eigenvalue weighted by molar-refractivity contribution is 6.22. The van der Waals surface area contributed by atoms with Gasteiger partial charge >= 0.3 is 0 Å². The smallest absolute Gasteiger partial charge is 0.236 e. The zero-order valence-corrected chi connectivity index (χ0v) is 16.2. The third-order valence-electron chi connectivity index (χ3n) is 4.49. The number of carbonyl (C=O) groups excluding carboxylic acids is 1. The molecule has 3 aromatic rings. The summed E-state index contributed by atoms with van der Waals surface area (Å²) in [4.78, 5) is 20.5. The number of carbonyl (C=O) groups is 1. The predicted molar refractivity (Wildman–Crippen MR) is 115 cm³/mol. The molecule has 0 bridgehead atoms. The number of aromatic hydroxyl groups is 1. The minimum absolute atomic E-state index is 0.128. The zero-order chi connectivity index (χ0) is 21.0. The van der Waals surface area contributed by atoms with E-state index in [4.69, 9.17) is 11.1 Å². The van der Waals surface area contributed by atoms with E-state index < -0.39 is 5.92 Å². The van der Waals surface area contributed by atoms with Crippen LogP contribution in [-0.2, 0) is 4.79 Å². The van der Waals surface area contributed by atoms with Crippen molar-refractivity contribution >= 4 is 23.3 Å². The van der Waals surface area contributed by atoms with Crippen molar-refractivity contribution in [2.24, 2.45) is 10.7 Å². The van der Waals surface area contributed by atoms with Crippen LogP contribution in [0.25, 0.3) is 0 Å². The van der Waals surface area contributed by atoms with Crippen LogP contribution in [0.3, 0.4) is 0 Å². The Morgan fingerprint density at radius 3 is 2.48 bits per heavy atom. The van der Waals surface area contributed by atoms with Gasteiger partial charge in [0.25, 0.3) is 0 Å². The molecule has 0 saturated heterocycles. The van der Waals surface area contributed by atoms with Crippen LogP contribution in [0.4, 0.5) is 5.69 Å². The van der Waals surface area contributed by atoms with E-state index in [-0.39, 0.29) is 17.6 Å². The Morgan fingerprint density at radius 1 is 1.10 bits per heavy atom. The maximum absolute atomic E-state index is 13.1. The number of hydrogen-bond acceptors (Lipinski definition) is 3. The number of nitrogens with two attached hydrogens (primary N) is 1. The van der Waals surface area contributed by atoms with E-state index >= 15 is 0 Å². The lowest BCUT2D eigenvalue weighted by Crippen LogP contribution is -2.28. The fourth-order valence-electron chi connectivity index (χ4n) is 3.34. The highest BCUT2D eigenvalue weighted by atomic mass is 16.3. The van der Waals surface area contributed by atoms with E-state index in [2.05, 4.69) is 15.3 Å². The molecule has 1 unspecified atom stereocenters. The molecule has 1 aliphatic rings. The number of hydrogen-bond donors (Lipinski definition) is 5. The number of nitrogens with zero attached hydrogens (tertiary/aromatic N) is 1. The molecule has 7 heteroatoms. The third kappa shape index (κ3) is 3.89. The first-order valence-corrected chi connectivity index (χ1v) is 9.34. The van der Waals surface area contributed by atoms with Gasteiger partial charge in [0.1, 0.15) is 11.5 Å². The summed E-state index contributed by atoms with van der Waals surface area (Å²) in [5, 5.41) is 20.2. The SMILES string of the molecule is CC.N=C(N)/N=C1/c2ccccc2NC(=O)C(c2ccc(O)cc2)c2cc[nH]c21. The number of benzene rings is 2. The fourth-order valence-corrected chi connectivity index (χ4v) is 3.34. The number of aromatic amines is 1. The van der Waals surface area contributed by atoms with Crippen LogP contribution in [0.15, 0.2) is 65.8 Å². The van der Waals surface area contributed by atoms with Crippen LogP contribution >= 0.6 is 0 Å². The molecular formula is C22H23N5O2. The molecule has 0 fully saturated rings. The second-order valence-corrected chi connectivity index (χ2v) is 6.21. The first-order chi connectivity index (χ1) is 14.0. The molecule has 148 valence electrons. The molecule has 1 aromatic heterocycles. The number of aromatic nitrogens is 1. The third-order valence-corrected chi connectivity index (χ3v) is 4.49. The lowest BCUT2D eigenvalue weighted by Gasteiger charge is -2.23. The Kier molecular flexibility index (Phi) is 5.78. The highest BCUT2D eigenvalue weighted by Gasteiger charge is 2.31. The Bertz CT molecular complexity index is 1070. The Morgan fingerprint density at radius 2 is 1.79 bits per heavy atom. The first kappa shape index (κ1) is 19.9. The topological polar surface area (TPSA) is 127 Å². The second kappa shape index (κ2) is 8.43. The van der Waals surface area contributed by atoms with Crippen LogP contribution < -0.4 is 11.1 Å². The van der Waals surface area contributed by atoms with Gasteiger partial charge in [-0.3, -0.25) is 10.2 Å². The minimum Gasteiger partial charge on any atom is -0.508 e. The number of aliphatic imine (C=N–C) groups is 1. The number of phenolic OH excluding ortho intramolecular Hbond substituents is 1. The molecular weight excluding hydrogens is 366 g/mol. The molecule has 1 amide bonds. The molecule has 0 saturated carbocycles. The molecule has 4 rings (SSSR count). The predicted octanol–water partition coefficient (Wildman–Crippen LogP) is 3.56. The molecule has 1 aliphatic heterocycles. The Hall–Kier alpha value is -3.87. The van der Waals surface area contributed by atoms with Crippen LogP contribution in [0, 0.1) is 5.41 Å². The van der Waals surface area contributed by atoms with Crippen LogP contribution in [0.1, 0.15) is 42.1 Å². The molecule has 0 radical (unpaired) electrons. The average molecular weight is 389 g/mol. The van der Waals surface area contributed by atoms with Crippen molar-refractivity contribution in [3.8, 4) is 5.75 Å². The van der Waals surface area contributed by atoms with Gasteiger partial charge in [-0.05, 0) is 35.4 Å². The normalized spacial score (nSPS) is 16.4. The largest absolute Gasteiger partial charge is 0.508 e. The van der Waals surface area contributed by atoms with E-state index in [1.165, 1.54) is 0 Å². The Labute approximate surface area is 168 Å². The van der Waals surface area contributed by atoms with Gasteiger partial charge in [-0.15, -0.1) is 0 Å². The van der Waals surface area contributed by atoms with Gasteiger partial charge in [0.05, 0.1) is 17.3 Å². The maximum atomic E-state index is 13.1. The number of rotatable bonds is 1. The summed E-state index contributed by atoms with van der Waals surface area (Å²) in [5.41, 5.74) is 9.38. The number of anilines is 1. The molecule has 0 aliphatic carbocycles. The number of phenols is 1. The first-order valence-electron chi connectivity index (χ1n) is 9.34. The van der Waals surface area contributed by atoms with Crippen molar-refractivity contribution in [1.29, 1.82) is 5.41 Å². The monoisotopic (exact) mass is 389 g/mol. The van der Waals surface area contributed by atoms with Gasteiger partial charge in [-0.1, -0.05) is 44.2 Å². The van der Waals surface area contributed by atoms with Gasteiger partial charge in [0.15, 0.2) is 0 Å². The summed E-state index contributed by atoms with van der Waals surface area (Å²) in [6, 6.07) is 15.6. The number of nitrogens with one attached hydrogen (secondary N) is 3. The van der Waals surface area contributed by atoms with Gasteiger partial charge in [-0.2, -0.15) is 0 Å². The van der Waals surface area contributed by atoms with Crippen LogP contribution in [-0.4, -0.2) is 27.7 Å². The van der Waals surface area contributed by atoms with Gasteiger partial charge < -0.3 is 21.1 Å². The van der Waals surface area contributed by atoms with Crippen LogP contribution in [0.5, 0.6) is 5.75 Å². The molecule has 6 N–H and O–H groups in total. The van der Waals surface area contributed by atoms with E-state index in [0.29, 0.717) is 28.2 Å². The number of H-pyrrole nitrogens is 1. The molecule has 1 atom stereocenters. The fraction of sp³-hybridized carbons (Fsp3) is 0.136. The van der Waals surface area contributed by atoms with Crippen molar-refractivity contribution in [2.45, 2.75) is 19.8 Å². The summed E-state index contributed by atoms with van der Waals surface area (Å²) < 4.78 is 0. The van der Waals surface area contributed by atoms with Crippen molar-refractivity contribution in [3.63, 3.8) is 0 Å². The summed E-state index contributed by atoms with van der Waals surface area (Å²) in [5.74, 6) is -1.01. The zero-order valence-electron chi connectivity index (χ0n) is 16.2.